The van der Waals surface area contributed by atoms with Crippen molar-refractivity contribution in [2.75, 3.05) is 5.32 Å². The third-order valence-electron chi connectivity index (χ3n) is 2.30. The maximum absolute atomic E-state index is 10.7. The van der Waals surface area contributed by atoms with E-state index in [1.165, 1.54) is 4.68 Å². The van der Waals surface area contributed by atoms with Gasteiger partial charge < -0.3 is 11.1 Å². The van der Waals surface area contributed by atoms with Crippen molar-refractivity contribution in [3.63, 3.8) is 0 Å². The van der Waals surface area contributed by atoms with Gasteiger partial charge in [-0.2, -0.15) is 5.10 Å². The summed E-state index contributed by atoms with van der Waals surface area (Å²) in [5, 5.41) is 7.48. The van der Waals surface area contributed by atoms with Crippen LogP contribution in [-0.4, -0.2) is 21.7 Å². The summed E-state index contributed by atoms with van der Waals surface area (Å²) in [5.74, 6) is 0.414. The molecule has 3 N–H and O–H groups in total. The summed E-state index contributed by atoms with van der Waals surface area (Å²) in [4.78, 5) is 10.7. The predicted molar refractivity (Wildman–Crippen MR) is 59.4 cm³/mol. The quantitative estimate of drug-likeness (QED) is 0.734. The molecule has 0 saturated heterocycles. The fraction of sp³-hybridized carbons (Fsp3) is 0.600. The van der Waals surface area contributed by atoms with Gasteiger partial charge in [0.2, 0.25) is 5.91 Å². The molecule has 1 heterocycles. The molecular formula is C10H18N4O. The Kier molecular flexibility index (Phi) is 4.15. The second-order valence-corrected chi connectivity index (χ2v) is 3.52. The molecule has 0 unspecified atom stereocenters. The topological polar surface area (TPSA) is 72.9 Å². The lowest BCUT2D eigenvalue weighted by molar-refractivity contribution is -0.118. The minimum absolute atomic E-state index is 0.130. The van der Waals surface area contributed by atoms with Gasteiger partial charge in [0.15, 0.2) is 0 Å². The molecule has 0 aliphatic heterocycles. The van der Waals surface area contributed by atoms with E-state index in [0.717, 1.165) is 18.7 Å². The Morgan fingerprint density at radius 1 is 1.60 bits per heavy atom. The Labute approximate surface area is 89.6 Å². The van der Waals surface area contributed by atoms with E-state index in [9.17, 15) is 4.79 Å². The fourth-order valence-corrected chi connectivity index (χ4v) is 1.39. The van der Waals surface area contributed by atoms with Crippen LogP contribution >= 0.6 is 0 Å². The van der Waals surface area contributed by atoms with E-state index in [-0.39, 0.29) is 12.5 Å². The molecule has 5 nitrogen and oxygen atoms in total. The summed E-state index contributed by atoms with van der Waals surface area (Å²) in [6.07, 6.45) is 3.85. The van der Waals surface area contributed by atoms with E-state index < -0.39 is 0 Å². The van der Waals surface area contributed by atoms with Crippen LogP contribution in [0.25, 0.3) is 0 Å². The number of amides is 1. The Hall–Kier alpha value is -1.52. The normalized spacial score (nSPS) is 10.6. The van der Waals surface area contributed by atoms with Gasteiger partial charge in [0.25, 0.3) is 0 Å². The Morgan fingerprint density at radius 2 is 2.27 bits per heavy atom. The van der Waals surface area contributed by atoms with Crippen molar-refractivity contribution in [2.45, 2.75) is 39.3 Å². The smallest absolute Gasteiger partial charge is 0.239 e. The maximum atomic E-state index is 10.7. The lowest BCUT2D eigenvalue weighted by atomic mass is 10.2. The van der Waals surface area contributed by atoms with Crippen LogP contribution in [0.4, 0.5) is 5.82 Å². The van der Waals surface area contributed by atoms with E-state index in [1.807, 2.05) is 6.07 Å². The van der Waals surface area contributed by atoms with Gasteiger partial charge >= 0.3 is 0 Å². The number of rotatable bonds is 6. The number of nitrogens with zero attached hydrogens (tertiary/aromatic N) is 2. The SMILES string of the molecule is CCC(CC)Nc1ccn(CC(N)=O)n1. The second kappa shape index (κ2) is 5.38. The number of anilines is 1. The van der Waals surface area contributed by atoms with Crippen molar-refractivity contribution < 1.29 is 4.79 Å². The summed E-state index contributed by atoms with van der Waals surface area (Å²) >= 11 is 0. The Morgan fingerprint density at radius 3 is 2.80 bits per heavy atom. The van der Waals surface area contributed by atoms with Crippen molar-refractivity contribution in [2.24, 2.45) is 5.73 Å². The van der Waals surface area contributed by atoms with Crippen LogP contribution < -0.4 is 11.1 Å². The molecule has 0 aliphatic rings. The molecular weight excluding hydrogens is 192 g/mol. The third-order valence-corrected chi connectivity index (χ3v) is 2.30. The molecule has 1 aromatic rings. The van der Waals surface area contributed by atoms with Crippen molar-refractivity contribution in [1.29, 1.82) is 0 Å². The van der Waals surface area contributed by atoms with Gasteiger partial charge in [-0.1, -0.05) is 13.8 Å². The van der Waals surface area contributed by atoms with Gasteiger partial charge in [0, 0.05) is 18.3 Å². The van der Waals surface area contributed by atoms with E-state index in [2.05, 4.69) is 24.3 Å². The molecule has 0 aliphatic carbocycles. The van der Waals surface area contributed by atoms with Crippen LogP contribution in [0.2, 0.25) is 0 Å². The Balaban J connectivity index is 2.55. The molecule has 0 radical (unpaired) electrons. The highest BCUT2D eigenvalue weighted by Gasteiger charge is 2.05. The molecule has 1 amide bonds. The zero-order valence-electron chi connectivity index (χ0n) is 9.23. The number of nitrogens with two attached hydrogens (primary N) is 1. The second-order valence-electron chi connectivity index (χ2n) is 3.52. The largest absolute Gasteiger partial charge is 0.368 e. The number of nitrogens with one attached hydrogen (secondary N) is 1. The van der Waals surface area contributed by atoms with Crippen molar-refractivity contribution in [1.82, 2.24) is 9.78 Å². The number of carbonyl (C=O) groups excluding carboxylic acids is 1. The van der Waals surface area contributed by atoms with Crippen LogP contribution in [0.1, 0.15) is 26.7 Å². The van der Waals surface area contributed by atoms with E-state index in [4.69, 9.17) is 5.73 Å². The molecule has 84 valence electrons. The summed E-state index contributed by atoms with van der Waals surface area (Å²) in [6.45, 7) is 4.38. The van der Waals surface area contributed by atoms with Crippen molar-refractivity contribution >= 4 is 11.7 Å². The van der Waals surface area contributed by atoms with E-state index in [1.54, 1.807) is 6.20 Å². The molecule has 0 fully saturated rings. The van der Waals surface area contributed by atoms with Gasteiger partial charge in [-0.15, -0.1) is 0 Å². The van der Waals surface area contributed by atoms with Crippen LogP contribution in [0, 0.1) is 0 Å². The van der Waals surface area contributed by atoms with Gasteiger partial charge in [0.05, 0.1) is 0 Å². The van der Waals surface area contributed by atoms with E-state index >= 15 is 0 Å². The zero-order valence-corrected chi connectivity index (χ0v) is 9.23. The molecule has 0 bridgehead atoms. The molecule has 0 atom stereocenters. The molecule has 1 rings (SSSR count). The molecule has 1 aromatic heterocycles. The van der Waals surface area contributed by atoms with Crippen molar-refractivity contribution in [3.05, 3.63) is 12.3 Å². The highest BCUT2D eigenvalue weighted by molar-refractivity contribution is 5.73. The summed E-state index contributed by atoms with van der Waals surface area (Å²) in [7, 11) is 0. The first-order valence-electron chi connectivity index (χ1n) is 5.24. The summed E-state index contributed by atoms with van der Waals surface area (Å²) < 4.78 is 1.53. The molecule has 0 aromatic carbocycles. The predicted octanol–water partition coefficient (Wildman–Crippen LogP) is 0.969. The average Bonchev–Trinajstić information content (AvgIpc) is 2.61. The minimum atomic E-state index is -0.382. The summed E-state index contributed by atoms with van der Waals surface area (Å²) in [6, 6.07) is 2.28. The summed E-state index contributed by atoms with van der Waals surface area (Å²) in [5.41, 5.74) is 5.07. The van der Waals surface area contributed by atoms with Gasteiger partial charge in [-0.05, 0) is 12.8 Å². The number of carbonyl (C=O) groups is 1. The lowest BCUT2D eigenvalue weighted by Crippen LogP contribution is -2.20. The average molecular weight is 210 g/mol. The molecule has 0 spiro atoms. The first-order chi connectivity index (χ1) is 7.15. The van der Waals surface area contributed by atoms with Crippen LogP contribution in [0.15, 0.2) is 12.3 Å². The molecule has 0 saturated carbocycles. The van der Waals surface area contributed by atoms with Crippen LogP contribution in [0.3, 0.4) is 0 Å². The first-order valence-corrected chi connectivity index (χ1v) is 5.24. The number of hydrogen-bond donors (Lipinski definition) is 2. The Bertz CT molecular complexity index is 317. The highest BCUT2D eigenvalue weighted by Crippen LogP contribution is 2.08. The molecule has 5 heteroatoms. The van der Waals surface area contributed by atoms with Gasteiger partial charge in [-0.3, -0.25) is 9.48 Å². The number of primary amides is 1. The third kappa shape index (κ3) is 3.61. The van der Waals surface area contributed by atoms with E-state index in [0.29, 0.717) is 6.04 Å². The highest BCUT2D eigenvalue weighted by atomic mass is 16.1. The zero-order chi connectivity index (χ0) is 11.3. The maximum Gasteiger partial charge on any atom is 0.239 e. The van der Waals surface area contributed by atoms with Crippen LogP contribution in [0.5, 0.6) is 0 Å². The fourth-order valence-electron chi connectivity index (χ4n) is 1.39. The first kappa shape index (κ1) is 11.6. The van der Waals surface area contributed by atoms with Crippen molar-refractivity contribution in [3.8, 4) is 0 Å². The number of aromatic nitrogens is 2. The van der Waals surface area contributed by atoms with Gasteiger partial charge in [-0.25, -0.2) is 0 Å². The van der Waals surface area contributed by atoms with Gasteiger partial charge in [0.1, 0.15) is 12.4 Å². The minimum Gasteiger partial charge on any atom is -0.368 e. The standard InChI is InChI=1S/C10H18N4O/c1-3-8(4-2)12-10-5-6-14(13-10)7-9(11)15/h5-6,8H,3-4,7H2,1-2H3,(H2,11,15)(H,12,13). The molecule has 15 heavy (non-hydrogen) atoms. The monoisotopic (exact) mass is 210 g/mol. The van der Waals surface area contributed by atoms with Crippen LogP contribution in [-0.2, 0) is 11.3 Å². The number of hydrogen-bond acceptors (Lipinski definition) is 3. The lowest BCUT2D eigenvalue weighted by Gasteiger charge is -2.13.